The molecule has 0 saturated carbocycles. The lowest BCUT2D eigenvalue weighted by atomic mass is 9.09. The van der Waals surface area contributed by atoms with Gasteiger partial charge < -0.3 is 0 Å². The van der Waals surface area contributed by atoms with Crippen molar-refractivity contribution < 1.29 is 79.0 Å². The first-order valence-electron chi connectivity index (χ1n) is 11.7. The van der Waals surface area contributed by atoms with E-state index in [-0.39, 0.29) is 6.82 Å². The Labute approximate surface area is 236 Å². The van der Waals surface area contributed by atoms with E-state index in [0.717, 1.165) is 0 Å². The van der Waals surface area contributed by atoms with E-state index >= 15 is 35.1 Å². The topological polar surface area (TPSA) is 0 Å². The third-order valence-electron chi connectivity index (χ3n) is 7.77. The Kier molecular flexibility index (Phi) is 7.24. The standard InChI is InChI=1S/C25H3B2F18/c1-27(7-14(34)22(42)25(45)23(43)15(7)35)5-2(8(28)16(36)20(40)12(5)32)26(3-6(27)13(33)21(41)17(37)9(3)29)4-10(30)18(38)24(44)19(39)11(4)31/h1H3/q-2. The van der Waals surface area contributed by atoms with Gasteiger partial charge in [0.15, 0.2) is 58.2 Å². The summed E-state index contributed by atoms with van der Waals surface area (Å²) < 4.78 is 266. The SMILES string of the molecule is C[B-]1(c2c(F)c(F)c(F)c(F)c2F)c2c(F)c(F)c(F)c(F)c2[B-](c2c(F)c(F)c(F)c(F)c2F)c2c(F)c(F)c(F)c(F)c21. The average Bonchev–Trinajstić information content (AvgIpc) is 3.00. The van der Waals surface area contributed by atoms with Crippen LogP contribution in [0, 0.1) is 105 Å². The average molecular weight is 667 g/mol. The fraction of sp³-hybridized carbons (Fsp3) is 0.0400. The molecular weight excluding hydrogens is 664 g/mol. The Morgan fingerprint density at radius 3 is 0.756 bits per heavy atom. The van der Waals surface area contributed by atoms with Crippen LogP contribution >= 0.6 is 0 Å². The van der Waals surface area contributed by atoms with E-state index < -0.39 is 150 Å². The van der Waals surface area contributed by atoms with Gasteiger partial charge in [0.2, 0.25) is 0 Å². The largest absolute Gasteiger partial charge is 0.226 e. The van der Waals surface area contributed by atoms with Crippen LogP contribution in [0.15, 0.2) is 0 Å². The van der Waals surface area contributed by atoms with Crippen LogP contribution in [0.5, 0.6) is 0 Å². The van der Waals surface area contributed by atoms with E-state index in [2.05, 4.69) is 0 Å². The Balaban J connectivity index is 2.20. The van der Waals surface area contributed by atoms with Crippen LogP contribution in [0.25, 0.3) is 0 Å². The van der Waals surface area contributed by atoms with Crippen molar-refractivity contribution >= 4 is 45.6 Å². The van der Waals surface area contributed by atoms with Crippen LogP contribution in [0.2, 0.25) is 6.82 Å². The van der Waals surface area contributed by atoms with Crippen molar-refractivity contribution in [3.05, 3.63) is 105 Å². The van der Waals surface area contributed by atoms with Gasteiger partial charge in [0.05, 0.1) is 6.15 Å². The molecule has 4 aromatic carbocycles. The molecule has 0 nitrogen and oxygen atoms in total. The second-order valence-electron chi connectivity index (χ2n) is 9.87. The molecule has 45 heavy (non-hydrogen) atoms. The normalized spacial score (nSPS) is 14.2. The van der Waals surface area contributed by atoms with Gasteiger partial charge in [-0.25, -0.2) is 90.0 Å². The number of rotatable bonds is 2. The lowest BCUT2D eigenvalue weighted by molar-refractivity contribution is 0.383. The van der Waals surface area contributed by atoms with Gasteiger partial charge in [0, 0.05) is 0 Å². The fourth-order valence-electron chi connectivity index (χ4n) is 5.89. The zero-order valence-corrected chi connectivity index (χ0v) is 21.0. The molecule has 0 unspecified atom stereocenters. The third kappa shape index (κ3) is 3.82. The molecule has 1 aliphatic heterocycles. The molecule has 4 aromatic rings. The molecule has 0 aromatic heterocycles. The van der Waals surface area contributed by atoms with Gasteiger partial charge in [-0.3, -0.25) is 0 Å². The van der Waals surface area contributed by atoms with E-state index in [9.17, 15) is 43.9 Å². The van der Waals surface area contributed by atoms with Crippen molar-refractivity contribution in [2.45, 2.75) is 6.82 Å². The van der Waals surface area contributed by atoms with Crippen LogP contribution in [-0.4, -0.2) is 12.9 Å². The highest BCUT2D eigenvalue weighted by atomic mass is 19.2. The zero-order valence-electron chi connectivity index (χ0n) is 21.0. The molecule has 0 spiro atoms. The van der Waals surface area contributed by atoms with E-state index in [4.69, 9.17) is 0 Å². The van der Waals surface area contributed by atoms with Gasteiger partial charge in [-0.2, -0.15) is 23.2 Å². The summed E-state index contributed by atoms with van der Waals surface area (Å²) in [6.45, 7) is -3.81. The Hall–Kier alpha value is -4.25. The molecule has 1 aliphatic rings. The molecule has 0 saturated heterocycles. The first-order chi connectivity index (χ1) is 20.8. The maximum absolute atomic E-state index is 15.6. The first-order valence-corrected chi connectivity index (χ1v) is 11.7. The highest BCUT2D eigenvalue weighted by Crippen LogP contribution is 2.28. The Morgan fingerprint density at radius 2 is 0.467 bits per heavy atom. The summed E-state index contributed by atoms with van der Waals surface area (Å²) in [5, 5.41) is 0. The Morgan fingerprint density at radius 1 is 0.267 bits per heavy atom. The summed E-state index contributed by atoms with van der Waals surface area (Å²) >= 11 is 0. The molecule has 0 amide bonds. The highest BCUT2D eigenvalue weighted by molar-refractivity contribution is 7.20. The summed E-state index contributed by atoms with van der Waals surface area (Å²) in [5.74, 6) is -54.1. The van der Waals surface area contributed by atoms with Gasteiger partial charge in [-0.15, -0.1) is 5.46 Å². The highest BCUT2D eigenvalue weighted by Gasteiger charge is 2.46. The van der Waals surface area contributed by atoms with Crippen LogP contribution in [0.4, 0.5) is 79.0 Å². The second kappa shape index (κ2) is 10.1. The predicted octanol–water partition coefficient (Wildman–Crippen LogP) is 4.12. The van der Waals surface area contributed by atoms with Crippen molar-refractivity contribution in [2.75, 3.05) is 0 Å². The van der Waals surface area contributed by atoms with Gasteiger partial charge in [-0.05, 0) is 6.71 Å². The third-order valence-corrected chi connectivity index (χ3v) is 7.77. The van der Waals surface area contributed by atoms with Gasteiger partial charge in [0.25, 0.3) is 0 Å². The number of fused-ring (bicyclic) bond motifs is 2. The number of benzene rings is 4. The van der Waals surface area contributed by atoms with Crippen molar-refractivity contribution in [2.24, 2.45) is 0 Å². The van der Waals surface area contributed by atoms with Gasteiger partial charge >= 0.3 is 0 Å². The molecule has 5 rings (SSSR count). The summed E-state index contributed by atoms with van der Waals surface area (Å²) in [6, 6.07) is 0. The van der Waals surface area contributed by atoms with E-state index in [1.54, 1.807) is 0 Å². The fourth-order valence-corrected chi connectivity index (χ4v) is 5.89. The Bertz CT molecular complexity index is 1890. The van der Waals surface area contributed by atoms with Gasteiger partial charge in [0.1, 0.15) is 46.5 Å². The maximum Gasteiger partial charge on any atom is 0.200 e. The number of halogens is 18. The van der Waals surface area contributed by atoms with Gasteiger partial charge in [-0.1, -0.05) is 0 Å². The van der Waals surface area contributed by atoms with Crippen LogP contribution in [0.1, 0.15) is 0 Å². The lowest BCUT2D eigenvalue weighted by Gasteiger charge is -2.54. The molecule has 0 atom stereocenters. The molecule has 237 valence electrons. The van der Waals surface area contributed by atoms with Crippen molar-refractivity contribution in [1.82, 2.24) is 0 Å². The number of hydrogen-bond acceptors (Lipinski definition) is 0. The van der Waals surface area contributed by atoms with E-state index in [0.29, 0.717) is 0 Å². The second-order valence-corrected chi connectivity index (χ2v) is 9.87. The van der Waals surface area contributed by atoms with Crippen molar-refractivity contribution in [1.29, 1.82) is 0 Å². The molecule has 0 N–H and O–H groups in total. The summed E-state index contributed by atoms with van der Waals surface area (Å²) in [4.78, 5) is 0. The smallest absolute Gasteiger partial charge is 0.200 e. The first kappa shape index (κ1) is 32.2. The van der Waals surface area contributed by atoms with E-state index in [1.807, 2.05) is 0 Å². The van der Waals surface area contributed by atoms with Crippen molar-refractivity contribution in [3.63, 3.8) is 0 Å². The van der Waals surface area contributed by atoms with Crippen LogP contribution in [-0.2, 0) is 0 Å². The van der Waals surface area contributed by atoms with Crippen LogP contribution < -0.4 is 32.8 Å². The molecule has 1 heterocycles. The molecule has 1 radical (unpaired) electrons. The summed E-state index contributed by atoms with van der Waals surface area (Å²) in [7, 11) is 0. The minimum Gasteiger partial charge on any atom is -0.226 e. The predicted molar refractivity (Wildman–Crippen MR) is 120 cm³/mol. The zero-order chi connectivity index (χ0) is 33.9. The van der Waals surface area contributed by atoms with Crippen molar-refractivity contribution in [3.8, 4) is 0 Å². The number of hydrogen-bond donors (Lipinski definition) is 0. The molecule has 0 bridgehead atoms. The monoisotopic (exact) mass is 667 g/mol. The minimum atomic E-state index is -5.25. The molecule has 20 heteroatoms. The summed E-state index contributed by atoms with van der Waals surface area (Å²) in [6.07, 6.45) is -5.25. The minimum absolute atomic E-state index is 0.0650. The maximum atomic E-state index is 15.6. The lowest BCUT2D eigenvalue weighted by Crippen LogP contribution is -2.85. The molecule has 0 fully saturated rings. The van der Waals surface area contributed by atoms with Crippen LogP contribution in [0.3, 0.4) is 0 Å². The molecule has 0 aliphatic carbocycles. The summed E-state index contributed by atoms with van der Waals surface area (Å²) in [5.41, 5.74) is -14.5. The quantitative estimate of drug-likeness (QED) is 0.131. The van der Waals surface area contributed by atoms with E-state index in [1.165, 1.54) is 0 Å². The molecular formula is C25H3B2F18-2.